The maximum atomic E-state index is 10.8. The highest BCUT2D eigenvalue weighted by molar-refractivity contribution is 6.74. The lowest BCUT2D eigenvalue weighted by molar-refractivity contribution is -0.384. The summed E-state index contributed by atoms with van der Waals surface area (Å²) in [5, 5.41) is 10.9. The van der Waals surface area contributed by atoms with E-state index >= 15 is 0 Å². The van der Waals surface area contributed by atoms with Crippen LogP contribution in [0.2, 0.25) is 18.1 Å². The fraction of sp³-hybridized carbons (Fsp3) is 0.538. The quantitative estimate of drug-likeness (QED) is 0.395. The molecule has 5 nitrogen and oxygen atoms in total. The highest BCUT2D eigenvalue weighted by Crippen LogP contribution is 2.37. The first-order valence-corrected chi connectivity index (χ1v) is 9.12. The Balaban J connectivity index is 2.85. The first kappa shape index (κ1) is 15.7. The van der Waals surface area contributed by atoms with E-state index in [1.807, 2.05) is 0 Å². The van der Waals surface area contributed by atoms with Gasteiger partial charge in [-0.2, -0.15) is 0 Å². The largest absolute Gasteiger partial charge is 0.413 e. The molecule has 0 radical (unpaired) electrons. The third-order valence-corrected chi connectivity index (χ3v) is 8.18. The van der Waals surface area contributed by atoms with Crippen LogP contribution in [0.15, 0.2) is 18.2 Å². The molecule has 0 aliphatic heterocycles. The van der Waals surface area contributed by atoms with Gasteiger partial charge in [-0.1, -0.05) is 26.8 Å². The number of hydrogen-bond donors (Lipinski definition) is 1. The van der Waals surface area contributed by atoms with Crippen molar-refractivity contribution in [3.05, 3.63) is 33.9 Å². The molecule has 0 aliphatic carbocycles. The van der Waals surface area contributed by atoms with Gasteiger partial charge in [-0.25, -0.2) is 0 Å². The standard InChI is InChI=1S/C13H22N2O3Si/c1-13(2,3)19(4,5)18-9-10-6-7-11(14)12(8-10)15(16)17/h6-8H,9,14H2,1-5H3. The highest BCUT2D eigenvalue weighted by Gasteiger charge is 2.37. The Hall–Kier alpha value is -1.40. The number of anilines is 1. The highest BCUT2D eigenvalue weighted by atomic mass is 28.4. The minimum absolute atomic E-state index is 0.0590. The molecule has 0 aliphatic rings. The third-order valence-electron chi connectivity index (χ3n) is 3.70. The minimum Gasteiger partial charge on any atom is -0.413 e. The Morgan fingerprint density at radius 1 is 1.37 bits per heavy atom. The van der Waals surface area contributed by atoms with Gasteiger partial charge in [-0.15, -0.1) is 0 Å². The zero-order chi connectivity index (χ0) is 14.8. The summed E-state index contributed by atoms with van der Waals surface area (Å²) < 4.78 is 6.03. The molecule has 0 heterocycles. The van der Waals surface area contributed by atoms with Crippen LogP contribution in [0.25, 0.3) is 0 Å². The van der Waals surface area contributed by atoms with Gasteiger partial charge in [0.2, 0.25) is 0 Å². The Morgan fingerprint density at radius 3 is 2.42 bits per heavy atom. The second-order valence-electron chi connectivity index (χ2n) is 6.20. The maximum Gasteiger partial charge on any atom is 0.292 e. The molecule has 0 fully saturated rings. The van der Waals surface area contributed by atoms with Crippen LogP contribution in [0.5, 0.6) is 0 Å². The van der Waals surface area contributed by atoms with Crippen LogP contribution in [0.4, 0.5) is 11.4 Å². The summed E-state index contributed by atoms with van der Waals surface area (Å²) in [6.07, 6.45) is 0. The van der Waals surface area contributed by atoms with Gasteiger partial charge < -0.3 is 10.2 Å². The smallest absolute Gasteiger partial charge is 0.292 e. The Bertz CT molecular complexity index is 481. The second-order valence-corrected chi connectivity index (χ2v) is 11.0. The predicted octanol–water partition coefficient (Wildman–Crippen LogP) is 3.70. The van der Waals surface area contributed by atoms with Crippen molar-refractivity contribution in [3.8, 4) is 0 Å². The lowest BCUT2D eigenvalue weighted by Crippen LogP contribution is -2.40. The Kier molecular flexibility index (Phi) is 4.37. The number of benzene rings is 1. The third kappa shape index (κ3) is 3.78. The number of hydrogen-bond acceptors (Lipinski definition) is 4. The summed E-state index contributed by atoms with van der Waals surface area (Å²) >= 11 is 0. The van der Waals surface area contributed by atoms with Gasteiger partial charge in [0, 0.05) is 6.07 Å². The number of nitrogen functional groups attached to an aromatic ring is 1. The summed E-state index contributed by atoms with van der Waals surface area (Å²) in [5.41, 5.74) is 6.47. The number of nitrogens with zero attached hydrogens (tertiary/aromatic N) is 1. The minimum atomic E-state index is -1.85. The predicted molar refractivity (Wildman–Crippen MR) is 79.5 cm³/mol. The molecule has 0 aromatic heterocycles. The van der Waals surface area contributed by atoms with E-state index in [0.29, 0.717) is 6.61 Å². The molecule has 0 amide bonds. The van der Waals surface area contributed by atoms with E-state index in [1.165, 1.54) is 6.07 Å². The van der Waals surface area contributed by atoms with Crippen LogP contribution in [0.1, 0.15) is 26.3 Å². The fourth-order valence-corrected chi connectivity index (χ4v) is 2.28. The first-order valence-electron chi connectivity index (χ1n) is 6.21. The van der Waals surface area contributed by atoms with Gasteiger partial charge in [-0.05, 0) is 29.8 Å². The van der Waals surface area contributed by atoms with Crippen molar-refractivity contribution < 1.29 is 9.35 Å². The summed E-state index contributed by atoms with van der Waals surface area (Å²) in [4.78, 5) is 10.4. The summed E-state index contributed by atoms with van der Waals surface area (Å²) in [6, 6.07) is 4.82. The molecule has 0 spiro atoms. The number of rotatable bonds is 4. The molecule has 106 valence electrons. The van der Waals surface area contributed by atoms with Crippen LogP contribution >= 0.6 is 0 Å². The number of nitrogens with two attached hydrogens (primary N) is 1. The molecular formula is C13H22N2O3Si. The van der Waals surface area contributed by atoms with E-state index in [2.05, 4.69) is 33.9 Å². The topological polar surface area (TPSA) is 78.4 Å². The number of nitro benzene ring substituents is 1. The van der Waals surface area contributed by atoms with Crippen LogP contribution in [-0.2, 0) is 11.0 Å². The van der Waals surface area contributed by atoms with E-state index in [9.17, 15) is 10.1 Å². The molecule has 0 bridgehead atoms. The van der Waals surface area contributed by atoms with Crippen LogP contribution in [0.3, 0.4) is 0 Å². The number of nitro groups is 1. The summed E-state index contributed by atoms with van der Waals surface area (Å²) in [7, 11) is -1.85. The van der Waals surface area contributed by atoms with Crippen molar-refractivity contribution >= 4 is 19.7 Å². The van der Waals surface area contributed by atoms with Crippen molar-refractivity contribution in [2.24, 2.45) is 0 Å². The van der Waals surface area contributed by atoms with Gasteiger partial charge in [-0.3, -0.25) is 10.1 Å². The molecule has 0 atom stereocenters. The van der Waals surface area contributed by atoms with E-state index < -0.39 is 13.2 Å². The van der Waals surface area contributed by atoms with Gasteiger partial charge in [0.15, 0.2) is 8.32 Å². The van der Waals surface area contributed by atoms with E-state index in [4.69, 9.17) is 10.2 Å². The second kappa shape index (κ2) is 5.30. The fourth-order valence-electron chi connectivity index (χ4n) is 1.32. The van der Waals surface area contributed by atoms with Gasteiger partial charge in [0.25, 0.3) is 5.69 Å². The molecule has 1 aromatic carbocycles. The Morgan fingerprint density at radius 2 is 1.95 bits per heavy atom. The zero-order valence-corrected chi connectivity index (χ0v) is 13.2. The zero-order valence-electron chi connectivity index (χ0n) is 12.2. The maximum absolute atomic E-state index is 10.8. The summed E-state index contributed by atoms with van der Waals surface area (Å²) in [5.74, 6) is 0. The average Bonchev–Trinajstić information content (AvgIpc) is 2.26. The van der Waals surface area contributed by atoms with Crippen LogP contribution in [0, 0.1) is 10.1 Å². The van der Waals surface area contributed by atoms with Crippen molar-refractivity contribution in [3.63, 3.8) is 0 Å². The lowest BCUT2D eigenvalue weighted by Gasteiger charge is -2.36. The van der Waals surface area contributed by atoms with Gasteiger partial charge in [0.1, 0.15) is 5.69 Å². The Labute approximate surface area is 115 Å². The van der Waals surface area contributed by atoms with Crippen LogP contribution in [-0.4, -0.2) is 13.2 Å². The molecule has 2 N–H and O–H groups in total. The molecular weight excluding hydrogens is 260 g/mol. The lowest BCUT2D eigenvalue weighted by atomic mass is 10.2. The molecule has 19 heavy (non-hydrogen) atoms. The van der Waals surface area contributed by atoms with Crippen LogP contribution < -0.4 is 5.73 Å². The van der Waals surface area contributed by atoms with E-state index in [0.717, 1.165) is 5.56 Å². The SMILES string of the molecule is CC(C)(C)[Si](C)(C)OCc1ccc(N)c([N+](=O)[O-])c1. The molecule has 1 aromatic rings. The molecule has 0 unspecified atom stereocenters. The van der Waals surface area contributed by atoms with Crippen molar-refractivity contribution in [1.29, 1.82) is 0 Å². The first-order chi connectivity index (χ1) is 8.54. The average molecular weight is 282 g/mol. The van der Waals surface area contributed by atoms with Gasteiger partial charge >= 0.3 is 0 Å². The van der Waals surface area contributed by atoms with Gasteiger partial charge in [0.05, 0.1) is 11.5 Å². The molecule has 1 rings (SSSR count). The molecule has 0 saturated carbocycles. The van der Waals surface area contributed by atoms with Crippen molar-refractivity contribution in [2.75, 3.05) is 5.73 Å². The van der Waals surface area contributed by atoms with E-state index in [-0.39, 0.29) is 16.4 Å². The molecule has 0 saturated heterocycles. The van der Waals surface area contributed by atoms with Crippen molar-refractivity contribution in [2.45, 2.75) is 45.5 Å². The van der Waals surface area contributed by atoms with E-state index in [1.54, 1.807) is 12.1 Å². The monoisotopic (exact) mass is 282 g/mol. The normalized spacial score (nSPS) is 12.5. The molecule has 6 heteroatoms. The summed E-state index contributed by atoms with van der Waals surface area (Å²) in [6.45, 7) is 11.2. The van der Waals surface area contributed by atoms with Crippen molar-refractivity contribution in [1.82, 2.24) is 0 Å².